The summed E-state index contributed by atoms with van der Waals surface area (Å²) < 4.78 is 3.64. The Labute approximate surface area is 154 Å². The van der Waals surface area contributed by atoms with Crippen molar-refractivity contribution in [2.24, 2.45) is 0 Å². The van der Waals surface area contributed by atoms with Gasteiger partial charge in [-0.25, -0.2) is 0 Å². The third kappa shape index (κ3) is 3.63. The zero-order chi connectivity index (χ0) is 17.2. The van der Waals surface area contributed by atoms with Crippen molar-refractivity contribution in [1.29, 1.82) is 0 Å². The molecule has 0 aromatic carbocycles. The first-order valence-electron chi connectivity index (χ1n) is 9.87. The lowest BCUT2D eigenvalue weighted by Crippen LogP contribution is -2.48. The van der Waals surface area contributed by atoms with Crippen LogP contribution in [-0.2, 0) is 0 Å². The Bertz CT molecular complexity index is 689. The highest BCUT2D eigenvalue weighted by molar-refractivity contribution is 7.20. The van der Waals surface area contributed by atoms with Crippen molar-refractivity contribution < 1.29 is 4.79 Å². The average molecular weight is 360 g/mol. The van der Waals surface area contributed by atoms with E-state index in [4.69, 9.17) is 0 Å². The minimum absolute atomic E-state index is 0.226. The lowest BCUT2D eigenvalue weighted by Gasteiger charge is -2.34. The van der Waals surface area contributed by atoms with E-state index in [0.29, 0.717) is 6.04 Å². The van der Waals surface area contributed by atoms with Crippen molar-refractivity contribution in [3.8, 4) is 0 Å². The maximum atomic E-state index is 12.8. The molecule has 1 saturated carbocycles. The predicted octanol–water partition coefficient (Wildman–Crippen LogP) is 4.38. The van der Waals surface area contributed by atoms with Crippen molar-refractivity contribution in [1.82, 2.24) is 14.4 Å². The van der Waals surface area contributed by atoms with Crippen LogP contribution in [0.3, 0.4) is 0 Å². The van der Waals surface area contributed by atoms with Crippen LogP contribution in [-0.4, -0.2) is 53.0 Å². The second-order valence-electron chi connectivity index (χ2n) is 7.56. The molecule has 1 saturated heterocycles. The molecule has 0 unspecified atom stereocenters. The quantitative estimate of drug-likeness (QED) is 0.793. The van der Waals surface area contributed by atoms with Crippen molar-refractivity contribution in [3.63, 3.8) is 0 Å². The van der Waals surface area contributed by atoms with E-state index in [-0.39, 0.29) is 5.91 Å². The summed E-state index contributed by atoms with van der Waals surface area (Å²) >= 11 is 1.67. The van der Waals surface area contributed by atoms with Crippen LogP contribution in [0.1, 0.15) is 61.2 Å². The maximum Gasteiger partial charge on any atom is 0.264 e. The van der Waals surface area contributed by atoms with E-state index in [1.54, 1.807) is 11.3 Å². The number of aromatic nitrogens is 1. The van der Waals surface area contributed by atoms with E-state index in [9.17, 15) is 4.79 Å². The van der Waals surface area contributed by atoms with Gasteiger partial charge in [0.2, 0.25) is 0 Å². The molecule has 136 valence electrons. The molecular weight excluding hydrogens is 330 g/mol. The molecular formula is C20H29N3OS. The number of amides is 1. The van der Waals surface area contributed by atoms with Gasteiger partial charge in [0, 0.05) is 50.0 Å². The smallest absolute Gasteiger partial charge is 0.264 e. The van der Waals surface area contributed by atoms with E-state index in [0.717, 1.165) is 31.1 Å². The summed E-state index contributed by atoms with van der Waals surface area (Å²) in [5.41, 5.74) is 0. The van der Waals surface area contributed by atoms with Crippen LogP contribution in [0, 0.1) is 0 Å². The predicted molar refractivity (Wildman–Crippen MR) is 105 cm³/mol. The first-order valence-corrected chi connectivity index (χ1v) is 10.7. The maximum absolute atomic E-state index is 12.8. The molecule has 25 heavy (non-hydrogen) atoms. The molecule has 1 amide bonds. The Kier molecular flexibility index (Phi) is 5.13. The van der Waals surface area contributed by atoms with Crippen LogP contribution >= 0.6 is 11.3 Å². The standard InChI is InChI=1S/C20H29N3OS/c1-2-3-8-21-9-11-22(12-10-21)20(24)18-13-16-14-23(15-19(16)25-18)17-6-4-5-7-17/h13-15,17H,2-12H2,1H3. The summed E-state index contributed by atoms with van der Waals surface area (Å²) in [5.74, 6) is 0.226. The molecule has 0 atom stereocenters. The van der Waals surface area contributed by atoms with Gasteiger partial charge in [-0.15, -0.1) is 11.3 Å². The highest BCUT2D eigenvalue weighted by atomic mass is 32.1. The van der Waals surface area contributed by atoms with E-state index in [1.165, 1.54) is 55.2 Å². The van der Waals surface area contributed by atoms with Gasteiger partial charge in [0.05, 0.1) is 9.58 Å². The molecule has 4 nitrogen and oxygen atoms in total. The van der Waals surface area contributed by atoms with Crippen molar-refractivity contribution in [3.05, 3.63) is 23.3 Å². The summed E-state index contributed by atoms with van der Waals surface area (Å²) in [6.07, 6.45) is 12.3. The molecule has 0 bridgehead atoms. The van der Waals surface area contributed by atoms with Gasteiger partial charge >= 0.3 is 0 Å². The summed E-state index contributed by atoms with van der Waals surface area (Å²) in [7, 11) is 0. The fraction of sp³-hybridized carbons (Fsp3) is 0.650. The SMILES string of the molecule is CCCCN1CCN(C(=O)c2cc3cn(C4CCCC4)cc3s2)CC1. The number of hydrogen-bond acceptors (Lipinski definition) is 3. The van der Waals surface area contributed by atoms with Gasteiger partial charge in [0.15, 0.2) is 0 Å². The Morgan fingerprint density at radius 1 is 1.16 bits per heavy atom. The summed E-state index contributed by atoms with van der Waals surface area (Å²) in [6, 6.07) is 2.78. The molecule has 0 radical (unpaired) electrons. The number of carbonyl (C=O) groups excluding carboxylic acids is 1. The molecule has 0 N–H and O–H groups in total. The molecule has 0 spiro atoms. The first kappa shape index (κ1) is 17.1. The largest absolute Gasteiger partial charge is 0.349 e. The fourth-order valence-corrected chi connectivity index (χ4v) is 5.23. The third-order valence-electron chi connectivity index (χ3n) is 5.79. The summed E-state index contributed by atoms with van der Waals surface area (Å²) in [4.78, 5) is 18.3. The molecule has 1 aliphatic heterocycles. The second kappa shape index (κ2) is 7.50. The van der Waals surface area contributed by atoms with Gasteiger partial charge in [-0.05, 0) is 31.9 Å². The monoisotopic (exact) mass is 359 g/mol. The van der Waals surface area contributed by atoms with Gasteiger partial charge in [-0.1, -0.05) is 26.2 Å². The van der Waals surface area contributed by atoms with Crippen LogP contribution < -0.4 is 0 Å². The third-order valence-corrected chi connectivity index (χ3v) is 6.86. The number of rotatable bonds is 5. The molecule has 2 aromatic heterocycles. The molecule has 2 fully saturated rings. The number of thiophene rings is 1. The number of hydrogen-bond donors (Lipinski definition) is 0. The van der Waals surface area contributed by atoms with Gasteiger partial charge in [0.1, 0.15) is 0 Å². The number of unbranched alkanes of at least 4 members (excludes halogenated alkanes) is 1. The normalized spacial score (nSPS) is 20.0. The molecule has 1 aliphatic carbocycles. The molecule has 5 heteroatoms. The van der Waals surface area contributed by atoms with Crippen LogP contribution in [0.5, 0.6) is 0 Å². The van der Waals surface area contributed by atoms with E-state index in [1.807, 2.05) is 4.90 Å². The average Bonchev–Trinajstić information content (AvgIpc) is 3.34. The van der Waals surface area contributed by atoms with Crippen LogP contribution in [0.4, 0.5) is 0 Å². The van der Waals surface area contributed by atoms with Crippen LogP contribution in [0.15, 0.2) is 18.5 Å². The first-order chi connectivity index (χ1) is 12.2. The van der Waals surface area contributed by atoms with Crippen molar-refractivity contribution in [2.45, 2.75) is 51.5 Å². The van der Waals surface area contributed by atoms with Crippen molar-refractivity contribution >= 4 is 27.3 Å². The second-order valence-corrected chi connectivity index (χ2v) is 8.65. The zero-order valence-corrected chi connectivity index (χ0v) is 16.1. The van der Waals surface area contributed by atoms with Gasteiger partial charge in [-0.3, -0.25) is 9.69 Å². The topological polar surface area (TPSA) is 28.5 Å². The van der Waals surface area contributed by atoms with E-state index >= 15 is 0 Å². The van der Waals surface area contributed by atoms with Crippen LogP contribution in [0.2, 0.25) is 0 Å². The molecule has 4 rings (SSSR count). The molecule has 2 aliphatic rings. The highest BCUT2D eigenvalue weighted by Gasteiger charge is 2.24. The minimum atomic E-state index is 0.226. The molecule has 2 aromatic rings. The number of nitrogens with zero attached hydrogens (tertiary/aromatic N) is 3. The van der Waals surface area contributed by atoms with E-state index < -0.39 is 0 Å². The summed E-state index contributed by atoms with van der Waals surface area (Å²) in [5, 5.41) is 1.24. The van der Waals surface area contributed by atoms with E-state index in [2.05, 4.69) is 34.9 Å². The highest BCUT2D eigenvalue weighted by Crippen LogP contribution is 2.34. The number of piperazine rings is 1. The van der Waals surface area contributed by atoms with Gasteiger partial charge < -0.3 is 9.47 Å². The van der Waals surface area contributed by atoms with Gasteiger partial charge in [0.25, 0.3) is 5.91 Å². The fourth-order valence-electron chi connectivity index (χ4n) is 4.18. The Balaban J connectivity index is 1.39. The Hall–Kier alpha value is -1.33. The minimum Gasteiger partial charge on any atom is -0.349 e. The Morgan fingerprint density at radius 2 is 1.92 bits per heavy atom. The lowest BCUT2D eigenvalue weighted by atomic mass is 10.2. The zero-order valence-electron chi connectivity index (χ0n) is 15.2. The van der Waals surface area contributed by atoms with Gasteiger partial charge in [-0.2, -0.15) is 0 Å². The van der Waals surface area contributed by atoms with Crippen LogP contribution in [0.25, 0.3) is 10.1 Å². The lowest BCUT2D eigenvalue weighted by molar-refractivity contribution is 0.0640. The van der Waals surface area contributed by atoms with Crippen molar-refractivity contribution in [2.75, 3.05) is 32.7 Å². The number of carbonyl (C=O) groups is 1. The Morgan fingerprint density at radius 3 is 2.60 bits per heavy atom. The number of fused-ring (bicyclic) bond motifs is 1. The summed E-state index contributed by atoms with van der Waals surface area (Å²) in [6.45, 7) is 7.18. The molecule has 3 heterocycles.